The maximum atomic E-state index is 8.64. The third-order valence-corrected chi connectivity index (χ3v) is 2.73. The predicted octanol–water partition coefficient (Wildman–Crippen LogP) is 2.25. The van der Waals surface area contributed by atoms with Crippen molar-refractivity contribution in [2.24, 2.45) is 0 Å². The molecule has 4 nitrogen and oxygen atoms in total. The molecule has 0 fully saturated rings. The summed E-state index contributed by atoms with van der Waals surface area (Å²) in [4.78, 5) is 1.94. The Kier molecular flexibility index (Phi) is 6.77. The van der Waals surface area contributed by atoms with E-state index in [1.54, 1.807) is 7.11 Å². The lowest BCUT2D eigenvalue weighted by atomic mass is 10.3. The molecule has 1 aromatic rings. The summed E-state index contributed by atoms with van der Waals surface area (Å²) < 4.78 is 5.04. The highest BCUT2D eigenvalue weighted by Gasteiger charge is 2.08. The lowest BCUT2D eigenvalue weighted by molar-refractivity contribution is 0.177. The number of anilines is 1. The Morgan fingerprint density at radius 2 is 2.11 bits per heavy atom. The molecular formula is C13H17N3OS. The second kappa shape index (κ2) is 8.45. The van der Waals surface area contributed by atoms with Gasteiger partial charge in [-0.2, -0.15) is 5.26 Å². The molecule has 18 heavy (non-hydrogen) atoms. The van der Waals surface area contributed by atoms with Gasteiger partial charge < -0.3 is 15.0 Å². The highest BCUT2D eigenvalue weighted by Crippen LogP contribution is 2.07. The fourth-order valence-corrected chi connectivity index (χ4v) is 1.73. The average molecular weight is 263 g/mol. The van der Waals surface area contributed by atoms with E-state index in [2.05, 4.69) is 11.4 Å². The lowest BCUT2D eigenvalue weighted by Gasteiger charge is -2.24. The van der Waals surface area contributed by atoms with Gasteiger partial charge in [0.15, 0.2) is 5.11 Å². The van der Waals surface area contributed by atoms with Crippen molar-refractivity contribution in [3.63, 3.8) is 0 Å². The van der Waals surface area contributed by atoms with E-state index in [0.717, 1.165) is 5.69 Å². The monoisotopic (exact) mass is 263 g/mol. The number of rotatable bonds is 6. The number of benzene rings is 1. The molecule has 0 saturated heterocycles. The van der Waals surface area contributed by atoms with E-state index < -0.39 is 0 Å². The number of nitriles is 1. The SMILES string of the molecule is COCCN(CCC#N)C(=S)Nc1ccccc1. The fourth-order valence-electron chi connectivity index (χ4n) is 1.43. The zero-order valence-electron chi connectivity index (χ0n) is 10.4. The van der Waals surface area contributed by atoms with Gasteiger partial charge in [-0.05, 0) is 24.4 Å². The van der Waals surface area contributed by atoms with Gasteiger partial charge in [-0.3, -0.25) is 0 Å². The van der Waals surface area contributed by atoms with Gasteiger partial charge in [0, 0.05) is 25.9 Å². The summed E-state index contributed by atoms with van der Waals surface area (Å²) in [5.41, 5.74) is 0.946. The normalized spacial score (nSPS) is 9.56. The number of para-hydroxylation sites is 1. The molecule has 0 spiro atoms. The third kappa shape index (κ3) is 5.13. The first kappa shape index (κ1) is 14.4. The summed E-state index contributed by atoms with van der Waals surface area (Å²) in [6.07, 6.45) is 0.445. The second-order valence-corrected chi connectivity index (χ2v) is 4.07. The van der Waals surface area contributed by atoms with E-state index in [1.807, 2.05) is 35.2 Å². The number of methoxy groups -OCH3 is 1. The minimum Gasteiger partial charge on any atom is -0.383 e. The van der Waals surface area contributed by atoms with Crippen LogP contribution in [0.3, 0.4) is 0 Å². The highest BCUT2D eigenvalue weighted by atomic mass is 32.1. The van der Waals surface area contributed by atoms with Gasteiger partial charge in [-0.1, -0.05) is 18.2 Å². The van der Waals surface area contributed by atoms with Crippen LogP contribution in [0.4, 0.5) is 5.69 Å². The third-order valence-electron chi connectivity index (χ3n) is 2.37. The van der Waals surface area contributed by atoms with Crippen LogP contribution < -0.4 is 5.32 Å². The number of hydrogen-bond donors (Lipinski definition) is 1. The molecule has 0 heterocycles. The van der Waals surface area contributed by atoms with Crippen molar-refractivity contribution >= 4 is 23.0 Å². The van der Waals surface area contributed by atoms with E-state index in [4.69, 9.17) is 22.2 Å². The van der Waals surface area contributed by atoms with Crippen LogP contribution in [-0.4, -0.2) is 36.8 Å². The van der Waals surface area contributed by atoms with Crippen LogP contribution in [0.2, 0.25) is 0 Å². The molecule has 1 N–H and O–H groups in total. The van der Waals surface area contributed by atoms with Gasteiger partial charge in [0.2, 0.25) is 0 Å². The summed E-state index contributed by atoms with van der Waals surface area (Å²) in [6, 6.07) is 11.9. The van der Waals surface area contributed by atoms with Crippen LogP contribution in [0, 0.1) is 11.3 Å². The summed E-state index contributed by atoms with van der Waals surface area (Å²) in [7, 11) is 1.65. The molecule has 0 aliphatic heterocycles. The first-order valence-electron chi connectivity index (χ1n) is 5.74. The van der Waals surface area contributed by atoms with Crippen molar-refractivity contribution in [3.05, 3.63) is 30.3 Å². The molecule has 0 unspecified atom stereocenters. The fraction of sp³-hybridized carbons (Fsp3) is 0.385. The standard InChI is InChI=1S/C13H17N3OS/c1-17-11-10-16(9-5-8-14)13(18)15-12-6-3-2-4-7-12/h2-4,6-7H,5,9-11H2,1H3,(H,15,18). The molecule has 0 radical (unpaired) electrons. The van der Waals surface area contributed by atoms with Crippen molar-refractivity contribution in [1.29, 1.82) is 5.26 Å². The molecule has 1 rings (SSSR count). The molecule has 0 aliphatic carbocycles. The highest BCUT2D eigenvalue weighted by molar-refractivity contribution is 7.80. The summed E-state index contributed by atoms with van der Waals surface area (Å²) in [5.74, 6) is 0. The quantitative estimate of drug-likeness (QED) is 0.798. The van der Waals surface area contributed by atoms with Crippen molar-refractivity contribution < 1.29 is 4.74 Å². The first-order valence-corrected chi connectivity index (χ1v) is 6.15. The van der Waals surface area contributed by atoms with Crippen LogP contribution in [0.25, 0.3) is 0 Å². The van der Waals surface area contributed by atoms with Crippen molar-refractivity contribution in [2.45, 2.75) is 6.42 Å². The van der Waals surface area contributed by atoms with Gasteiger partial charge in [-0.15, -0.1) is 0 Å². The Morgan fingerprint density at radius 1 is 1.39 bits per heavy atom. The van der Waals surface area contributed by atoms with E-state index >= 15 is 0 Å². The smallest absolute Gasteiger partial charge is 0.173 e. The van der Waals surface area contributed by atoms with Crippen LogP contribution >= 0.6 is 12.2 Å². The largest absolute Gasteiger partial charge is 0.383 e. The Balaban J connectivity index is 2.55. The summed E-state index contributed by atoms with van der Waals surface area (Å²) in [6.45, 7) is 1.87. The Labute approximate surface area is 113 Å². The van der Waals surface area contributed by atoms with Gasteiger partial charge in [0.25, 0.3) is 0 Å². The van der Waals surface area contributed by atoms with Crippen molar-refractivity contribution in [1.82, 2.24) is 4.90 Å². The first-order chi connectivity index (χ1) is 8.77. The van der Waals surface area contributed by atoms with Gasteiger partial charge in [0.1, 0.15) is 0 Å². The number of ether oxygens (including phenoxy) is 1. The van der Waals surface area contributed by atoms with Gasteiger partial charge >= 0.3 is 0 Å². The van der Waals surface area contributed by atoms with Crippen LogP contribution in [0.1, 0.15) is 6.42 Å². The van der Waals surface area contributed by atoms with Crippen LogP contribution in [0.15, 0.2) is 30.3 Å². The van der Waals surface area contributed by atoms with E-state index in [0.29, 0.717) is 31.2 Å². The molecular weight excluding hydrogens is 246 g/mol. The predicted molar refractivity (Wildman–Crippen MR) is 76.3 cm³/mol. The molecule has 0 saturated carbocycles. The van der Waals surface area contributed by atoms with Crippen LogP contribution in [-0.2, 0) is 4.74 Å². The molecule has 0 bridgehead atoms. The molecule has 0 atom stereocenters. The minimum atomic E-state index is 0.445. The molecule has 1 aromatic carbocycles. The zero-order valence-corrected chi connectivity index (χ0v) is 11.2. The zero-order chi connectivity index (χ0) is 13.2. The summed E-state index contributed by atoms with van der Waals surface area (Å²) in [5, 5.41) is 12.4. The number of nitrogens with one attached hydrogen (secondary N) is 1. The Hall–Kier alpha value is -1.64. The van der Waals surface area contributed by atoms with E-state index in [-0.39, 0.29) is 0 Å². The minimum absolute atomic E-state index is 0.445. The number of hydrogen-bond acceptors (Lipinski definition) is 3. The van der Waals surface area contributed by atoms with E-state index in [1.165, 1.54) is 0 Å². The Bertz CT molecular complexity index is 402. The second-order valence-electron chi connectivity index (χ2n) is 3.68. The van der Waals surface area contributed by atoms with Crippen molar-refractivity contribution in [3.8, 4) is 6.07 Å². The van der Waals surface area contributed by atoms with Crippen molar-refractivity contribution in [2.75, 3.05) is 32.1 Å². The van der Waals surface area contributed by atoms with E-state index in [9.17, 15) is 0 Å². The molecule has 96 valence electrons. The molecule has 0 aromatic heterocycles. The summed E-state index contributed by atoms with van der Waals surface area (Å²) >= 11 is 5.33. The molecule has 5 heteroatoms. The van der Waals surface area contributed by atoms with Gasteiger partial charge in [0.05, 0.1) is 19.1 Å². The average Bonchev–Trinajstić information content (AvgIpc) is 2.40. The maximum absolute atomic E-state index is 8.64. The Morgan fingerprint density at radius 3 is 2.72 bits per heavy atom. The molecule has 0 aliphatic rings. The lowest BCUT2D eigenvalue weighted by Crippen LogP contribution is -2.37. The van der Waals surface area contributed by atoms with Gasteiger partial charge in [-0.25, -0.2) is 0 Å². The molecule has 0 amide bonds. The number of thiocarbonyl (C=S) groups is 1. The number of nitrogens with zero attached hydrogens (tertiary/aromatic N) is 2. The topological polar surface area (TPSA) is 48.3 Å². The maximum Gasteiger partial charge on any atom is 0.173 e. The van der Waals surface area contributed by atoms with Crippen LogP contribution in [0.5, 0.6) is 0 Å².